The Kier molecular flexibility index (Phi) is 6.68. The second-order valence-corrected chi connectivity index (χ2v) is 9.32. The van der Waals surface area contributed by atoms with Crippen molar-refractivity contribution in [2.75, 3.05) is 36.6 Å². The van der Waals surface area contributed by atoms with E-state index in [1.807, 2.05) is 6.92 Å². The van der Waals surface area contributed by atoms with E-state index < -0.39 is 62.6 Å². The summed E-state index contributed by atoms with van der Waals surface area (Å²) >= 11 is 6.57. The number of nitrogens with zero attached hydrogens (tertiary/aromatic N) is 5. The number of nitrogens with two attached hydrogens (primary N) is 2. The first-order valence-electron chi connectivity index (χ1n) is 11.8. The lowest BCUT2D eigenvalue weighted by molar-refractivity contribution is -0.137. The monoisotopic (exact) mass is 581 g/mol. The van der Waals surface area contributed by atoms with Gasteiger partial charge in [-0.05, 0) is 19.9 Å². The van der Waals surface area contributed by atoms with Crippen molar-refractivity contribution in [2.45, 2.75) is 26.1 Å². The number of aromatic nitrogens is 4. The van der Waals surface area contributed by atoms with Crippen molar-refractivity contribution in [1.82, 2.24) is 19.9 Å². The molecule has 0 aliphatic carbocycles. The van der Waals surface area contributed by atoms with Crippen LogP contribution in [0.2, 0.25) is 5.02 Å². The molecule has 15 heteroatoms. The van der Waals surface area contributed by atoms with Crippen LogP contribution in [0.15, 0.2) is 18.3 Å². The van der Waals surface area contributed by atoms with Crippen molar-refractivity contribution < 1.29 is 31.4 Å². The summed E-state index contributed by atoms with van der Waals surface area (Å²) in [5.74, 6) is -3.32. The van der Waals surface area contributed by atoms with E-state index in [4.69, 9.17) is 32.5 Å². The minimum absolute atomic E-state index is 0.0146. The van der Waals surface area contributed by atoms with Crippen LogP contribution in [0.4, 0.5) is 39.4 Å². The standard InChI is InChI=1S/C25H21ClF5N7O2/c1-9-14(25(29,30)31)18(35-22(33)16(9)27)12-15(26)20-13-19(17(12)28)36-24(39-3)37-23(13)38(7-8-40-20)10(2)11-5-4-6-34-21(11)32/h4-6,10H,7-8H2,1-3H3,(H2,32,34)(H2,33,35). The van der Waals surface area contributed by atoms with Crippen LogP contribution in [-0.4, -0.2) is 40.2 Å². The Balaban J connectivity index is 1.86. The lowest BCUT2D eigenvalue weighted by Crippen LogP contribution is -2.31. The van der Waals surface area contributed by atoms with E-state index in [-0.39, 0.29) is 41.9 Å². The molecule has 1 aromatic carbocycles. The number of benzene rings is 1. The minimum atomic E-state index is -5.13. The van der Waals surface area contributed by atoms with Crippen LogP contribution in [0.3, 0.4) is 0 Å². The first-order chi connectivity index (χ1) is 18.9. The Hall–Kier alpha value is -4.20. The summed E-state index contributed by atoms with van der Waals surface area (Å²) in [5.41, 5.74) is 7.61. The molecule has 0 spiro atoms. The lowest BCUT2D eigenvalue weighted by atomic mass is 9.98. The van der Waals surface area contributed by atoms with Crippen LogP contribution < -0.4 is 25.8 Å². The number of ether oxygens (including phenoxy) is 2. The van der Waals surface area contributed by atoms with Crippen LogP contribution >= 0.6 is 11.6 Å². The summed E-state index contributed by atoms with van der Waals surface area (Å²) in [4.78, 5) is 17.9. The van der Waals surface area contributed by atoms with Crippen molar-refractivity contribution in [1.29, 1.82) is 0 Å². The molecule has 1 aliphatic heterocycles. The van der Waals surface area contributed by atoms with Gasteiger partial charge in [-0.15, -0.1) is 0 Å². The molecule has 1 atom stereocenters. The van der Waals surface area contributed by atoms with Crippen LogP contribution in [0, 0.1) is 18.6 Å². The fourth-order valence-corrected chi connectivity index (χ4v) is 5.11. The van der Waals surface area contributed by atoms with Crippen LogP contribution in [0.25, 0.3) is 22.2 Å². The van der Waals surface area contributed by atoms with Gasteiger partial charge in [-0.1, -0.05) is 17.7 Å². The van der Waals surface area contributed by atoms with Crippen LogP contribution in [0.1, 0.15) is 29.7 Å². The molecule has 0 amide bonds. The third-order valence-corrected chi connectivity index (χ3v) is 7.04. The summed E-state index contributed by atoms with van der Waals surface area (Å²) < 4.78 is 84.3. The molecule has 210 valence electrons. The van der Waals surface area contributed by atoms with Gasteiger partial charge in [0.25, 0.3) is 0 Å². The molecule has 0 bridgehead atoms. The van der Waals surface area contributed by atoms with Crippen molar-refractivity contribution >= 4 is 40.0 Å². The molecule has 5 rings (SSSR count). The smallest absolute Gasteiger partial charge is 0.418 e. The number of rotatable bonds is 4. The number of anilines is 3. The van der Waals surface area contributed by atoms with Gasteiger partial charge >= 0.3 is 12.2 Å². The molecule has 9 nitrogen and oxygen atoms in total. The summed E-state index contributed by atoms with van der Waals surface area (Å²) in [5, 5.41) is -0.557. The summed E-state index contributed by atoms with van der Waals surface area (Å²) in [6.45, 7) is 2.83. The number of hydrogen-bond acceptors (Lipinski definition) is 9. The first kappa shape index (κ1) is 27.4. The second-order valence-electron chi connectivity index (χ2n) is 8.94. The quantitative estimate of drug-likeness (QED) is 0.301. The average molecular weight is 582 g/mol. The van der Waals surface area contributed by atoms with E-state index >= 15 is 4.39 Å². The van der Waals surface area contributed by atoms with E-state index in [0.717, 1.165) is 6.92 Å². The molecule has 1 aliphatic rings. The molecular formula is C25H21ClF5N7O2. The van der Waals surface area contributed by atoms with E-state index in [0.29, 0.717) is 5.56 Å². The first-order valence-corrected chi connectivity index (χ1v) is 12.1. The largest absolute Gasteiger partial charge is 0.489 e. The molecule has 4 aromatic rings. The number of nitrogen functional groups attached to an aromatic ring is 2. The number of hydrogen-bond donors (Lipinski definition) is 2. The number of alkyl halides is 3. The van der Waals surface area contributed by atoms with Gasteiger partial charge in [0.05, 0.1) is 46.9 Å². The summed E-state index contributed by atoms with van der Waals surface area (Å²) in [6.07, 6.45) is -3.60. The van der Waals surface area contributed by atoms with Gasteiger partial charge in [-0.3, -0.25) is 0 Å². The second kappa shape index (κ2) is 9.77. The minimum Gasteiger partial charge on any atom is -0.489 e. The van der Waals surface area contributed by atoms with Crippen molar-refractivity contribution in [3.63, 3.8) is 0 Å². The van der Waals surface area contributed by atoms with E-state index in [2.05, 4.69) is 19.9 Å². The topological polar surface area (TPSA) is 125 Å². The number of halogens is 6. The molecular weight excluding hydrogens is 561 g/mol. The van der Waals surface area contributed by atoms with Crippen molar-refractivity contribution in [2.24, 2.45) is 0 Å². The zero-order valence-electron chi connectivity index (χ0n) is 21.2. The van der Waals surface area contributed by atoms with Gasteiger partial charge in [0, 0.05) is 17.3 Å². The predicted octanol–water partition coefficient (Wildman–Crippen LogP) is 5.48. The Bertz CT molecular complexity index is 1670. The highest BCUT2D eigenvalue weighted by Gasteiger charge is 2.41. The fourth-order valence-electron chi connectivity index (χ4n) is 4.79. The number of pyridine rings is 2. The molecule has 3 aromatic heterocycles. The maximum absolute atomic E-state index is 16.4. The molecule has 4 N–H and O–H groups in total. The van der Waals surface area contributed by atoms with Gasteiger partial charge in [0.15, 0.2) is 23.2 Å². The maximum Gasteiger partial charge on any atom is 0.418 e. The number of methoxy groups -OCH3 is 1. The Morgan fingerprint density at radius 1 is 1.12 bits per heavy atom. The van der Waals surface area contributed by atoms with Gasteiger partial charge in [-0.2, -0.15) is 23.1 Å². The summed E-state index contributed by atoms with van der Waals surface area (Å²) in [7, 11) is 1.25. The van der Waals surface area contributed by atoms with Gasteiger partial charge in [0.1, 0.15) is 23.8 Å². The van der Waals surface area contributed by atoms with Crippen molar-refractivity contribution in [3.05, 3.63) is 51.7 Å². The predicted molar refractivity (Wildman–Crippen MR) is 138 cm³/mol. The van der Waals surface area contributed by atoms with Gasteiger partial charge < -0.3 is 25.8 Å². The molecule has 0 fully saturated rings. The van der Waals surface area contributed by atoms with E-state index in [9.17, 15) is 17.6 Å². The van der Waals surface area contributed by atoms with E-state index in [1.165, 1.54) is 13.3 Å². The molecule has 1 unspecified atom stereocenters. The Morgan fingerprint density at radius 2 is 1.85 bits per heavy atom. The Morgan fingerprint density at radius 3 is 2.50 bits per heavy atom. The molecule has 40 heavy (non-hydrogen) atoms. The van der Waals surface area contributed by atoms with Crippen molar-refractivity contribution in [3.8, 4) is 23.0 Å². The van der Waals surface area contributed by atoms with Gasteiger partial charge in [-0.25, -0.2) is 18.7 Å². The highest BCUT2D eigenvalue weighted by Crippen LogP contribution is 2.51. The van der Waals surface area contributed by atoms with Crippen LogP contribution in [-0.2, 0) is 6.18 Å². The highest BCUT2D eigenvalue weighted by atomic mass is 35.5. The molecule has 4 heterocycles. The molecule has 0 saturated heterocycles. The molecule has 0 saturated carbocycles. The third kappa shape index (κ3) is 4.22. The van der Waals surface area contributed by atoms with E-state index in [1.54, 1.807) is 17.0 Å². The fraction of sp³-hybridized carbons (Fsp3) is 0.280. The summed E-state index contributed by atoms with van der Waals surface area (Å²) in [6, 6.07) is 2.71. The maximum atomic E-state index is 16.4. The SMILES string of the molecule is COc1nc2c3c(c(Cl)c(-c4nc(N)c(F)c(C)c4C(F)(F)F)c(F)c3n1)OCCN2C(C)c1cccnc1N. The van der Waals surface area contributed by atoms with Gasteiger partial charge in [0.2, 0.25) is 0 Å². The average Bonchev–Trinajstić information content (AvgIpc) is 3.09. The zero-order chi connectivity index (χ0) is 29.1. The van der Waals surface area contributed by atoms with Crippen LogP contribution in [0.5, 0.6) is 11.8 Å². The highest BCUT2D eigenvalue weighted by molar-refractivity contribution is 6.36. The zero-order valence-corrected chi connectivity index (χ0v) is 22.0. The normalized spacial score (nSPS) is 14.2. The molecule has 0 radical (unpaired) electrons. The third-order valence-electron chi connectivity index (χ3n) is 6.68. The lowest BCUT2D eigenvalue weighted by Gasteiger charge is -2.30. The Labute approximate surface area is 228 Å².